The molecule has 0 bridgehead atoms. The van der Waals surface area contributed by atoms with E-state index < -0.39 is 29.6 Å². The van der Waals surface area contributed by atoms with Gasteiger partial charge in [0.1, 0.15) is 17.8 Å². The molecule has 3 atom stereocenters. The Labute approximate surface area is 196 Å². The number of fused-ring (bicyclic) bond motifs is 1. The molecular weight excluding hydrogens is 443 g/mol. The topological polar surface area (TPSA) is 103 Å². The van der Waals surface area contributed by atoms with Gasteiger partial charge in [0.05, 0.1) is 17.6 Å². The molecule has 10 heteroatoms. The van der Waals surface area contributed by atoms with Gasteiger partial charge in [-0.05, 0) is 51.3 Å². The lowest BCUT2D eigenvalue weighted by atomic mass is 9.88. The smallest absolute Gasteiger partial charge is 0.329 e. The maximum Gasteiger partial charge on any atom is 0.329 e. The molecule has 0 aliphatic carbocycles. The van der Waals surface area contributed by atoms with Gasteiger partial charge >= 0.3 is 11.7 Å². The number of alkyl halides is 1. The number of nitrogens with zero attached hydrogens (tertiary/aromatic N) is 3. The summed E-state index contributed by atoms with van der Waals surface area (Å²) in [7, 11) is 1.61. The first-order chi connectivity index (χ1) is 15.9. The molecule has 3 unspecified atom stereocenters. The minimum Gasteiger partial charge on any atom is -0.459 e. The largest absolute Gasteiger partial charge is 0.459 e. The van der Waals surface area contributed by atoms with Crippen molar-refractivity contribution in [2.75, 3.05) is 19.6 Å². The van der Waals surface area contributed by atoms with E-state index in [0.29, 0.717) is 30.5 Å². The predicted octanol–water partition coefficient (Wildman–Crippen LogP) is 1.79. The van der Waals surface area contributed by atoms with Crippen LogP contribution in [0.2, 0.25) is 0 Å². The summed E-state index contributed by atoms with van der Waals surface area (Å²) in [5, 5.41) is 2.29. The summed E-state index contributed by atoms with van der Waals surface area (Å²) in [6.45, 7) is 6.33. The molecule has 9 nitrogen and oxygen atoms in total. The van der Waals surface area contributed by atoms with Crippen LogP contribution in [0.4, 0.5) is 4.39 Å². The highest BCUT2D eigenvalue weighted by molar-refractivity contribution is 6.00. The minimum absolute atomic E-state index is 0.0904. The zero-order valence-corrected chi connectivity index (χ0v) is 20.0. The first-order valence-electron chi connectivity index (χ1n) is 11.6. The SMILES string of the molecule is Cn1c(=O)n(C2CCC(=O)NC2=O)c2ccc(C3CN(CC(=O)OC(C)(C)C)CCC3F)cc21. The van der Waals surface area contributed by atoms with E-state index in [0.717, 1.165) is 5.56 Å². The summed E-state index contributed by atoms with van der Waals surface area (Å²) in [5.74, 6) is -1.65. The lowest BCUT2D eigenvalue weighted by Crippen LogP contribution is -2.44. The maximum atomic E-state index is 15.0. The van der Waals surface area contributed by atoms with E-state index in [1.807, 2.05) is 25.7 Å². The Morgan fingerprint density at radius 1 is 1.18 bits per heavy atom. The first kappa shape index (κ1) is 24.1. The number of aromatic nitrogens is 2. The molecule has 2 fully saturated rings. The summed E-state index contributed by atoms with van der Waals surface area (Å²) in [5.41, 5.74) is 0.922. The number of hydrogen-bond acceptors (Lipinski definition) is 6. The third-order valence-corrected chi connectivity index (χ3v) is 6.45. The van der Waals surface area contributed by atoms with Crippen molar-refractivity contribution < 1.29 is 23.5 Å². The molecule has 0 spiro atoms. The molecule has 3 heterocycles. The fraction of sp³-hybridized carbons (Fsp3) is 0.583. The number of aryl methyl sites for hydroxylation is 1. The Bertz CT molecular complexity index is 1190. The molecule has 1 aromatic carbocycles. The van der Waals surface area contributed by atoms with Crippen LogP contribution in [-0.4, -0.2) is 63.2 Å². The number of nitrogens with one attached hydrogen (secondary N) is 1. The number of carbonyl (C=O) groups excluding carboxylic acids is 3. The first-order valence-corrected chi connectivity index (χ1v) is 11.6. The van der Waals surface area contributed by atoms with E-state index in [1.54, 1.807) is 25.2 Å². The number of rotatable bonds is 4. The number of imide groups is 1. The number of amides is 2. The molecular formula is C24H31FN4O5. The molecule has 2 aliphatic rings. The van der Waals surface area contributed by atoms with E-state index in [2.05, 4.69) is 5.32 Å². The third kappa shape index (κ3) is 4.77. The molecule has 2 aromatic rings. The summed E-state index contributed by atoms with van der Waals surface area (Å²) < 4.78 is 23.2. The highest BCUT2D eigenvalue weighted by atomic mass is 19.1. The van der Waals surface area contributed by atoms with Crippen molar-refractivity contribution in [2.45, 2.75) is 63.8 Å². The Balaban J connectivity index is 1.60. The number of likely N-dealkylation sites (tertiary alicyclic amines) is 1. The van der Waals surface area contributed by atoms with E-state index in [9.17, 15) is 23.6 Å². The summed E-state index contributed by atoms with van der Waals surface area (Å²) in [6, 6.07) is 4.52. The summed E-state index contributed by atoms with van der Waals surface area (Å²) in [4.78, 5) is 51.0. The molecule has 1 N–H and O–H groups in total. The van der Waals surface area contributed by atoms with Crippen LogP contribution in [0, 0.1) is 0 Å². The summed E-state index contributed by atoms with van der Waals surface area (Å²) >= 11 is 0. The Morgan fingerprint density at radius 2 is 1.91 bits per heavy atom. The van der Waals surface area contributed by atoms with E-state index >= 15 is 0 Å². The van der Waals surface area contributed by atoms with Gasteiger partial charge in [0.25, 0.3) is 0 Å². The second kappa shape index (κ2) is 8.98. The number of piperidine rings is 2. The average Bonchev–Trinajstić information content (AvgIpc) is 2.98. The van der Waals surface area contributed by atoms with Crippen molar-refractivity contribution in [2.24, 2.45) is 7.05 Å². The second-order valence-corrected chi connectivity index (χ2v) is 10.2. The van der Waals surface area contributed by atoms with E-state index in [1.165, 1.54) is 9.13 Å². The predicted molar refractivity (Wildman–Crippen MR) is 123 cm³/mol. The van der Waals surface area contributed by atoms with E-state index in [-0.39, 0.29) is 37.0 Å². The number of carbonyl (C=O) groups is 3. The van der Waals surface area contributed by atoms with Crippen molar-refractivity contribution in [1.29, 1.82) is 0 Å². The average molecular weight is 475 g/mol. The normalized spacial score (nSPS) is 24.3. The summed E-state index contributed by atoms with van der Waals surface area (Å²) in [6.07, 6.45) is -0.375. The van der Waals surface area contributed by atoms with Crippen molar-refractivity contribution in [3.8, 4) is 0 Å². The van der Waals surface area contributed by atoms with Crippen molar-refractivity contribution in [3.05, 3.63) is 34.2 Å². The zero-order valence-electron chi connectivity index (χ0n) is 20.0. The van der Waals surface area contributed by atoms with Crippen LogP contribution in [0.25, 0.3) is 11.0 Å². The number of benzene rings is 1. The van der Waals surface area contributed by atoms with Crippen LogP contribution in [0.5, 0.6) is 0 Å². The van der Waals surface area contributed by atoms with Crippen LogP contribution < -0.4 is 11.0 Å². The standard InChI is InChI=1S/C24H31FN4O5/c1-24(2,3)34-21(31)13-28-10-9-16(25)15(12-28)14-5-6-17-19(11-14)27(4)23(33)29(17)18-7-8-20(30)26-22(18)32/h5-6,11,15-16,18H,7-10,12-13H2,1-4H3,(H,26,30,32). The van der Waals surface area contributed by atoms with Gasteiger partial charge in [-0.3, -0.25) is 33.7 Å². The lowest BCUT2D eigenvalue weighted by Gasteiger charge is -2.35. The van der Waals surface area contributed by atoms with Gasteiger partial charge in [0, 0.05) is 32.5 Å². The minimum atomic E-state index is -1.08. The number of imidazole rings is 1. The number of esters is 1. The monoisotopic (exact) mass is 474 g/mol. The second-order valence-electron chi connectivity index (χ2n) is 10.2. The molecule has 2 aliphatic heterocycles. The van der Waals surface area contributed by atoms with Crippen molar-refractivity contribution in [3.63, 3.8) is 0 Å². The van der Waals surface area contributed by atoms with Gasteiger partial charge in [0.2, 0.25) is 11.8 Å². The molecule has 34 heavy (non-hydrogen) atoms. The van der Waals surface area contributed by atoms with Gasteiger partial charge in [-0.15, -0.1) is 0 Å². The Hall–Kier alpha value is -3.01. The molecule has 184 valence electrons. The fourth-order valence-electron chi connectivity index (χ4n) is 4.85. The van der Waals surface area contributed by atoms with Gasteiger partial charge in [-0.25, -0.2) is 9.18 Å². The van der Waals surface area contributed by atoms with Crippen LogP contribution in [0.15, 0.2) is 23.0 Å². The van der Waals surface area contributed by atoms with Crippen molar-refractivity contribution >= 4 is 28.8 Å². The van der Waals surface area contributed by atoms with Gasteiger partial charge < -0.3 is 4.74 Å². The number of hydrogen-bond donors (Lipinski definition) is 1. The van der Waals surface area contributed by atoms with Crippen LogP contribution in [0.3, 0.4) is 0 Å². The molecule has 0 radical (unpaired) electrons. The van der Waals surface area contributed by atoms with Gasteiger partial charge in [-0.2, -0.15) is 0 Å². The van der Waals surface area contributed by atoms with Crippen molar-refractivity contribution in [1.82, 2.24) is 19.4 Å². The Kier molecular flexibility index (Phi) is 6.37. The highest BCUT2D eigenvalue weighted by Crippen LogP contribution is 2.32. The lowest BCUT2D eigenvalue weighted by molar-refractivity contribution is -0.156. The van der Waals surface area contributed by atoms with Gasteiger partial charge in [-0.1, -0.05) is 6.07 Å². The van der Waals surface area contributed by atoms with Gasteiger partial charge in [0.15, 0.2) is 0 Å². The molecule has 2 amide bonds. The van der Waals surface area contributed by atoms with Crippen LogP contribution in [0.1, 0.15) is 57.6 Å². The Morgan fingerprint density at radius 3 is 2.59 bits per heavy atom. The molecule has 0 saturated carbocycles. The number of halogens is 1. The number of ether oxygens (including phenoxy) is 1. The molecule has 1 aromatic heterocycles. The highest BCUT2D eigenvalue weighted by Gasteiger charge is 2.34. The fourth-order valence-corrected chi connectivity index (χ4v) is 4.85. The van der Waals surface area contributed by atoms with E-state index in [4.69, 9.17) is 4.74 Å². The molecule has 4 rings (SSSR count). The third-order valence-electron chi connectivity index (χ3n) is 6.45. The maximum absolute atomic E-state index is 15.0. The molecule has 2 saturated heterocycles. The van der Waals surface area contributed by atoms with Crippen LogP contribution in [-0.2, 0) is 26.2 Å². The van der Waals surface area contributed by atoms with Crippen LogP contribution >= 0.6 is 0 Å². The quantitative estimate of drug-likeness (QED) is 0.535. The zero-order chi connectivity index (χ0) is 24.8.